The third-order valence-electron chi connectivity index (χ3n) is 3.79. The average Bonchev–Trinajstić information content (AvgIpc) is 2.44. The van der Waals surface area contributed by atoms with Gasteiger partial charge in [-0.05, 0) is 49.9 Å². The van der Waals surface area contributed by atoms with Gasteiger partial charge in [0.05, 0.1) is 15.8 Å². The SMILES string of the molecule is Cc1cc(C)c2nc(S[C@H](C(=O)NC(N)=O)C(C)C)cc(C)c2c1. The number of imide groups is 1. The summed E-state index contributed by atoms with van der Waals surface area (Å²) in [5, 5.41) is 3.62. The van der Waals surface area contributed by atoms with Crippen molar-refractivity contribution in [1.29, 1.82) is 0 Å². The number of fused-ring (bicyclic) bond motifs is 1. The highest BCUT2D eigenvalue weighted by Crippen LogP contribution is 2.31. The molecule has 2 rings (SSSR count). The van der Waals surface area contributed by atoms with Gasteiger partial charge < -0.3 is 5.73 Å². The first-order valence-corrected chi connectivity index (χ1v) is 8.72. The van der Waals surface area contributed by atoms with Crippen LogP contribution in [0.2, 0.25) is 0 Å². The molecule has 128 valence electrons. The van der Waals surface area contributed by atoms with Gasteiger partial charge in [-0.1, -0.05) is 37.2 Å². The van der Waals surface area contributed by atoms with E-state index in [1.165, 1.54) is 17.3 Å². The van der Waals surface area contributed by atoms with Gasteiger partial charge in [0, 0.05) is 5.39 Å². The lowest BCUT2D eigenvalue weighted by molar-refractivity contribution is -0.120. The molecule has 0 fully saturated rings. The summed E-state index contributed by atoms with van der Waals surface area (Å²) in [4.78, 5) is 27.9. The predicted octanol–water partition coefficient (Wildman–Crippen LogP) is 3.47. The summed E-state index contributed by atoms with van der Waals surface area (Å²) in [5.41, 5.74) is 9.43. The number of carbonyl (C=O) groups is 2. The second-order valence-corrected chi connectivity index (χ2v) is 7.55. The minimum absolute atomic E-state index is 0.0336. The molecule has 1 atom stereocenters. The molecule has 3 N–H and O–H groups in total. The van der Waals surface area contributed by atoms with Gasteiger partial charge in [0.1, 0.15) is 0 Å². The van der Waals surface area contributed by atoms with Crippen LogP contribution in [-0.4, -0.2) is 22.2 Å². The van der Waals surface area contributed by atoms with Gasteiger partial charge in [-0.2, -0.15) is 0 Å². The Labute approximate surface area is 146 Å². The van der Waals surface area contributed by atoms with Crippen LogP contribution in [0.5, 0.6) is 0 Å². The molecule has 3 amide bonds. The Morgan fingerprint density at radius 1 is 1.12 bits per heavy atom. The molecule has 24 heavy (non-hydrogen) atoms. The van der Waals surface area contributed by atoms with Crippen LogP contribution < -0.4 is 11.1 Å². The standard InChI is InChI=1S/C18H23N3O2S/c1-9(2)16(17(22)21-18(19)23)24-14-8-11(4)13-7-10(3)6-12(5)15(13)20-14/h6-9,16H,1-5H3,(H3,19,21,22,23)/t16-/m0/s1. The number of amides is 3. The number of aromatic nitrogens is 1. The summed E-state index contributed by atoms with van der Waals surface area (Å²) in [7, 11) is 0. The molecule has 1 heterocycles. The van der Waals surface area contributed by atoms with Crippen molar-refractivity contribution in [2.75, 3.05) is 0 Å². The van der Waals surface area contributed by atoms with Crippen LogP contribution >= 0.6 is 11.8 Å². The van der Waals surface area contributed by atoms with Crippen molar-refractivity contribution in [1.82, 2.24) is 10.3 Å². The normalized spacial score (nSPS) is 12.4. The summed E-state index contributed by atoms with van der Waals surface area (Å²) in [6.07, 6.45) is 0. The fourth-order valence-corrected chi connectivity index (χ4v) is 3.78. The largest absolute Gasteiger partial charge is 0.351 e. The quantitative estimate of drug-likeness (QED) is 0.831. The Morgan fingerprint density at radius 2 is 1.79 bits per heavy atom. The van der Waals surface area contributed by atoms with Crippen LogP contribution in [0.3, 0.4) is 0 Å². The molecule has 0 saturated carbocycles. The van der Waals surface area contributed by atoms with Crippen molar-refractivity contribution in [3.63, 3.8) is 0 Å². The molecule has 0 spiro atoms. The summed E-state index contributed by atoms with van der Waals surface area (Å²) < 4.78 is 0. The number of nitrogens with zero attached hydrogens (tertiary/aromatic N) is 1. The molecule has 0 bridgehead atoms. The van der Waals surface area contributed by atoms with Crippen molar-refractivity contribution in [3.8, 4) is 0 Å². The maximum atomic E-state index is 12.2. The number of nitrogens with two attached hydrogens (primary N) is 1. The van der Waals surface area contributed by atoms with Gasteiger partial charge in [-0.3, -0.25) is 10.1 Å². The number of hydrogen-bond donors (Lipinski definition) is 2. The number of benzene rings is 1. The van der Waals surface area contributed by atoms with Crippen molar-refractivity contribution < 1.29 is 9.59 Å². The van der Waals surface area contributed by atoms with Gasteiger partial charge in [-0.25, -0.2) is 9.78 Å². The fraction of sp³-hybridized carbons (Fsp3) is 0.389. The molecule has 0 aliphatic rings. The maximum absolute atomic E-state index is 12.2. The number of primary amides is 1. The first-order valence-electron chi connectivity index (χ1n) is 7.84. The molecule has 0 radical (unpaired) electrons. The van der Waals surface area contributed by atoms with E-state index in [1.807, 2.05) is 33.8 Å². The Bertz CT molecular complexity index is 802. The molecule has 2 aromatic rings. The van der Waals surface area contributed by atoms with Gasteiger partial charge in [0.25, 0.3) is 0 Å². The number of aryl methyl sites for hydroxylation is 3. The number of rotatable bonds is 4. The van der Waals surface area contributed by atoms with Crippen LogP contribution in [0.1, 0.15) is 30.5 Å². The molecule has 0 saturated heterocycles. The van der Waals surface area contributed by atoms with Gasteiger partial charge in [-0.15, -0.1) is 0 Å². The average molecular weight is 345 g/mol. The monoisotopic (exact) mass is 345 g/mol. The van der Waals surface area contributed by atoms with Crippen molar-refractivity contribution >= 4 is 34.6 Å². The van der Waals surface area contributed by atoms with Crippen LogP contribution in [0.4, 0.5) is 4.79 Å². The van der Waals surface area contributed by atoms with Crippen molar-refractivity contribution in [3.05, 3.63) is 34.9 Å². The van der Waals surface area contributed by atoms with Crippen LogP contribution in [0.15, 0.2) is 23.2 Å². The number of pyridine rings is 1. The highest BCUT2D eigenvalue weighted by molar-refractivity contribution is 8.00. The topological polar surface area (TPSA) is 85.1 Å². The molecule has 0 aliphatic heterocycles. The third kappa shape index (κ3) is 4.06. The first kappa shape index (κ1) is 18.3. The minimum atomic E-state index is -0.833. The molecule has 1 aromatic heterocycles. The van der Waals surface area contributed by atoms with E-state index in [-0.39, 0.29) is 11.8 Å². The highest BCUT2D eigenvalue weighted by Gasteiger charge is 2.25. The van der Waals surface area contributed by atoms with E-state index < -0.39 is 11.3 Å². The van der Waals surface area contributed by atoms with Gasteiger partial charge >= 0.3 is 6.03 Å². The lowest BCUT2D eigenvalue weighted by atomic mass is 10.0. The Balaban J connectivity index is 2.41. The van der Waals surface area contributed by atoms with Crippen LogP contribution in [0.25, 0.3) is 10.9 Å². The van der Waals surface area contributed by atoms with Crippen LogP contribution in [0, 0.1) is 26.7 Å². The lowest BCUT2D eigenvalue weighted by Gasteiger charge is -2.19. The zero-order valence-electron chi connectivity index (χ0n) is 14.6. The first-order chi connectivity index (χ1) is 11.2. The number of hydrogen-bond acceptors (Lipinski definition) is 4. The second-order valence-electron chi connectivity index (χ2n) is 6.39. The molecule has 0 aliphatic carbocycles. The number of thioether (sulfide) groups is 1. The zero-order chi connectivity index (χ0) is 18.0. The van der Waals surface area contributed by atoms with Gasteiger partial charge in [0.2, 0.25) is 5.91 Å². The predicted molar refractivity (Wildman–Crippen MR) is 98.2 cm³/mol. The fourth-order valence-electron chi connectivity index (χ4n) is 2.69. The molecule has 6 heteroatoms. The maximum Gasteiger partial charge on any atom is 0.318 e. The molecule has 5 nitrogen and oxygen atoms in total. The zero-order valence-corrected chi connectivity index (χ0v) is 15.5. The smallest absolute Gasteiger partial charge is 0.318 e. The molecular weight excluding hydrogens is 322 g/mol. The highest BCUT2D eigenvalue weighted by atomic mass is 32.2. The van der Waals surface area contributed by atoms with E-state index in [2.05, 4.69) is 24.4 Å². The molecule has 0 unspecified atom stereocenters. The lowest BCUT2D eigenvalue weighted by Crippen LogP contribution is -2.42. The van der Waals surface area contributed by atoms with E-state index in [0.29, 0.717) is 0 Å². The minimum Gasteiger partial charge on any atom is -0.351 e. The number of carbonyl (C=O) groups excluding carboxylic acids is 2. The van der Waals surface area contributed by atoms with Crippen LogP contribution in [-0.2, 0) is 4.79 Å². The number of urea groups is 1. The second kappa shape index (κ2) is 7.21. The van der Waals surface area contributed by atoms with Crippen molar-refractivity contribution in [2.45, 2.75) is 44.9 Å². The van der Waals surface area contributed by atoms with Crippen molar-refractivity contribution in [2.24, 2.45) is 11.7 Å². The summed E-state index contributed by atoms with van der Waals surface area (Å²) in [5.74, 6) is -0.353. The van der Waals surface area contributed by atoms with E-state index in [1.54, 1.807) is 0 Å². The van der Waals surface area contributed by atoms with E-state index in [9.17, 15) is 9.59 Å². The third-order valence-corrected chi connectivity index (χ3v) is 5.25. The van der Waals surface area contributed by atoms with E-state index in [0.717, 1.165) is 27.1 Å². The summed E-state index contributed by atoms with van der Waals surface area (Å²) in [6.45, 7) is 10.0. The Hall–Kier alpha value is -2.08. The Kier molecular flexibility index (Phi) is 5.49. The van der Waals surface area contributed by atoms with E-state index in [4.69, 9.17) is 10.7 Å². The molecule has 1 aromatic carbocycles. The number of nitrogens with one attached hydrogen (secondary N) is 1. The van der Waals surface area contributed by atoms with Gasteiger partial charge in [0.15, 0.2) is 0 Å². The summed E-state index contributed by atoms with van der Waals surface area (Å²) in [6, 6.07) is 5.38. The van der Waals surface area contributed by atoms with E-state index >= 15 is 0 Å². The Morgan fingerprint density at radius 3 is 2.38 bits per heavy atom. The summed E-state index contributed by atoms with van der Waals surface area (Å²) >= 11 is 1.36. The molecular formula is C18H23N3O2S.